The molecule has 4 heteroatoms. The molecule has 4 nitrogen and oxygen atoms in total. The molecule has 0 bridgehead atoms. The van der Waals surface area contributed by atoms with Crippen LogP contribution < -0.4 is 10.4 Å². The van der Waals surface area contributed by atoms with E-state index in [4.69, 9.17) is 5.11 Å². The van der Waals surface area contributed by atoms with Crippen molar-refractivity contribution in [1.29, 1.82) is 0 Å². The number of hydrogen-bond donors (Lipinski definition) is 2. The van der Waals surface area contributed by atoms with Crippen LogP contribution in [0.25, 0.3) is 12.2 Å². The lowest BCUT2D eigenvalue weighted by Gasteiger charge is -2.12. The SMILES string of the molecule is C/C=c1/cc(CC(=O)O)nc(CC(C)CCC)/c1=C/C(O)=C\C. The topological polar surface area (TPSA) is 70.4 Å². The van der Waals surface area contributed by atoms with Gasteiger partial charge in [0.15, 0.2) is 0 Å². The molecule has 1 aromatic rings. The molecule has 0 aliphatic heterocycles. The summed E-state index contributed by atoms with van der Waals surface area (Å²) in [5.41, 5.74) is 1.41. The molecule has 2 N–H and O–H groups in total. The molecule has 23 heavy (non-hydrogen) atoms. The van der Waals surface area contributed by atoms with Crippen LogP contribution in [0.4, 0.5) is 0 Å². The highest BCUT2D eigenvalue weighted by atomic mass is 16.4. The highest BCUT2D eigenvalue weighted by molar-refractivity contribution is 5.69. The van der Waals surface area contributed by atoms with Crippen molar-refractivity contribution in [2.24, 2.45) is 5.92 Å². The first-order valence-electron chi connectivity index (χ1n) is 8.15. The van der Waals surface area contributed by atoms with Crippen LogP contribution in [0.2, 0.25) is 0 Å². The molecule has 0 fully saturated rings. The number of rotatable bonds is 7. The van der Waals surface area contributed by atoms with E-state index in [1.54, 1.807) is 25.1 Å². The number of carbonyl (C=O) groups is 1. The number of aliphatic carboxylic acids is 1. The Bertz CT molecular complexity index is 689. The van der Waals surface area contributed by atoms with Crippen molar-refractivity contribution < 1.29 is 15.0 Å². The second kappa shape index (κ2) is 9.13. The summed E-state index contributed by atoms with van der Waals surface area (Å²) in [5.74, 6) is -0.248. The fourth-order valence-electron chi connectivity index (χ4n) is 2.65. The number of aliphatic hydroxyl groups is 1. The molecule has 0 spiro atoms. The summed E-state index contributed by atoms with van der Waals surface area (Å²) in [5, 5.41) is 20.7. The molecule has 0 radical (unpaired) electrons. The predicted octanol–water partition coefficient (Wildman–Crippen LogP) is 2.73. The molecule has 0 saturated carbocycles. The van der Waals surface area contributed by atoms with Crippen molar-refractivity contribution in [2.45, 2.75) is 53.4 Å². The van der Waals surface area contributed by atoms with E-state index in [-0.39, 0.29) is 12.2 Å². The molecule has 0 saturated heterocycles. The van der Waals surface area contributed by atoms with E-state index in [0.29, 0.717) is 11.6 Å². The number of allylic oxidation sites excluding steroid dienone is 2. The van der Waals surface area contributed by atoms with Gasteiger partial charge in [0.25, 0.3) is 0 Å². The second-order valence-corrected chi connectivity index (χ2v) is 5.88. The van der Waals surface area contributed by atoms with Crippen molar-refractivity contribution in [2.75, 3.05) is 0 Å². The summed E-state index contributed by atoms with van der Waals surface area (Å²) >= 11 is 0. The largest absolute Gasteiger partial charge is 0.508 e. The van der Waals surface area contributed by atoms with Crippen LogP contribution in [0.1, 0.15) is 51.9 Å². The van der Waals surface area contributed by atoms with Gasteiger partial charge in [0.1, 0.15) is 5.76 Å². The van der Waals surface area contributed by atoms with E-state index in [2.05, 4.69) is 18.8 Å². The Hall–Kier alpha value is -2.10. The van der Waals surface area contributed by atoms with Gasteiger partial charge in [0.05, 0.1) is 12.1 Å². The smallest absolute Gasteiger partial charge is 0.309 e. The van der Waals surface area contributed by atoms with Crippen LogP contribution in [-0.2, 0) is 17.6 Å². The van der Waals surface area contributed by atoms with Crippen LogP contribution >= 0.6 is 0 Å². The summed E-state index contributed by atoms with van der Waals surface area (Å²) in [6.45, 7) is 7.99. The lowest BCUT2D eigenvalue weighted by molar-refractivity contribution is -0.136. The van der Waals surface area contributed by atoms with Gasteiger partial charge < -0.3 is 10.2 Å². The van der Waals surface area contributed by atoms with Gasteiger partial charge >= 0.3 is 5.97 Å². The summed E-state index contributed by atoms with van der Waals surface area (Å²) in [6.07, 6.45) is 8.13. The maximum Gasteiger partial charge on any atom is 0.309 e. The molecular formula is C19H27NO3. The van der Waals surface area contributed by atoms with Gasteiger partial charge in [-0.1, -0.05) is 32.8 Å². The maximum atomic E-state index is 11.0. The van der Waals surface area contributed by atoms with E-state index in [9.17, 15) is 9.90 Å². The number of aliphatic hydroxyl groups excluding tert-OH is 1. The highest BCUT2D eigenvalue weighted by Crippen LogP contribution is 2.10. The Balaban J connectivity index is 3.51. The second-order valence-electron chi connectivity index (χ2n) is 5.88. The Labute approximate surface area is 137 Å². The lowest BCUT2D eigenvalue weighted by Crippen LogP contribution is -2.32. The Kier molecular flexibility index (Phi) is 7.52. The van der Waals surface area contributed by atoms with Crippen LogP contribution in [0.15, 0.2) is 17.9 Å². The fourth-order valence-corrected chi connectivity index (χ4v) is 2.65. The minimum absolute atomic E-state index is 0.0914. The zero-order valence-corrected chi connectivity index (χ0v) is 14.5. The molecule has 126 valence electrons. The van der Waals surface area contributed by atoms with E-state index in [0.717, 1.165) is 35.4 Å². The zero-order valence-electron chi connectivity index (χ0n) is 14.5. The van der Waals surface area contributed by atoms with Crippen LogP contribution in [-0.4, -0.2) is 21.2 Å². The maximum absolute atomic E-state index is 11.0. The van der Waals surface area contributed by atoms with Gasteiger partial charge in [-0.25, -0.2) is 0 Å². The average molecular weight is 317 g/mol. The molecule has 1 atom stereocenters. The highest BCUT2D eigenvalue weighted by Gasteiger charge is 2.10. The van der Waals surface area contributed by atoms with Crippen LogP contribution in [0, 0.1) is 5.92 Å². The minimum atomic E-state index is -0.889. The van der Waals surface area contributed by atoms with Gasteiger partial charge in [0.2, 0.25) is 0 Å². The number of aromatic nitrogens is 1. The third kappa shape index (κ3) is 5.89. The van der Waals surface area contributed by atoms with Crippen molar-refractivity contribution >= 4 is 18.1 Å². The molecule has 1 unspecified atom stereocenters. The van der Waals surface area contributed by atoms with E-state index in [1.807, 2.05) is 13.0 Å². The number of nitrogens with zero attached hydrogens (tertiary/aromatic N) is 1. The first-order valence-corrected chi connectivity index (χ1v) is 8.15. The first kappa shape index (κ1) is 18.9. The molecular weight excluding hydrogens is 290 g/mol. The van der Waals surface area contributed by atoms with E-state index < -0.39 is 5.97 Å². The van der Waals surface area contributed by atoms with Crippen molar-refractivity contribution in [1.82, 2.24) is 4.98 Å². The van der Waals surface area contributed by atoms with Gasteiger partial charge in [-0.3, -0.25) is 9.78 Å². The molecule has 0 amide bonds. The first-order chi connectivity index (χ1) is 10.9. The fraction of sp³-hybridized carbons (Fsp3) is 0.474. The van der Waals surface area contributed by atoms with Crippen molar-refractivity contribution in [3.05, 3.63) is 39.7 Å². The van der Waals surface area contributed by atoms with Gasteiger partial charge in [-0.2, -0.15) is 0 Å². The molecule has 0 aromatic carbocycles. The standard InChI is InChI=1S/C19H27NO3/c1-5-8-13(4)9-18-17(12-16(21)7-3)14(6-2)10-15(20-18)11-19(22)23/h6-7,10,12-13,21H,5,8-9,11H2,1-4H3,(H,22,23)/b14-6-,16-7+,17-12+. The number of carboxylic acids is 1. The normalized spacial score (nSPS) is 15.0. The Morgan fingerprint density at radius 3 is 2.57 bits per heavy atom. The average Bonchev–Trinajstić information content (AvgIpc) is 2.48. The summed E-state index contributed by atoms with van der Waals surface area (Å²) < 4.78 is 0. The minimum Gasteiger partial charge on any atom is -0.508 e. The molecule has 1 heterocycles. The Morgan fingerprint density at radius 2 is 2.04 bits per heavy atom. The van der Waals surface area contributed by atoms with Gasteiger partial charge in [-0.15, -0.1) is 0 Å². The Morgan fingerprint density at radius 1 is 1.35 bits per heavy atom. The third-order valence-electron chi connectivity index (χ3n) is 3.78. The summed E-state index contributed by atoms with van der Waals surface area (Å²) in [7, 11) is 0. The number of hydrogen-bond acceptors (Lipinski definition) is 3. The molecule has 1 aromatic heterocycles. The van der Waals surface area contributed by atoms with Crippen LogP contribution in [0.3, 0.4) is 0 Å². The number of carboxylic acid groups (broad SMARTS) is 1. The zero-order chi connectivity index (χ0) is 17.4. The third-order valence-corrected chi connectivity index (χ3v) is 3.78. The van der Waals surface area contributed by atoms with Gasteiger partial charge in [0, 0.05) is 10.9 Å². The lowest BCUT2D eigenvalue weighted by atomic mass is 9.97. The van der Waals surface area contributed by atoms with Gasteiger partial charge in [-0.05, 0) is 49.6 Å². The quantitative estimate of drug-likeness (QED) is 0.759. The van der Waals surface area contributed by atoms with E-state index in [1.165, 1.54) is 0 Å². The molecule has 1 rings (SSSR count). The van der Waals surface area contributed by atoms with Crippen molar-refractivity contribution in [3.8, 4) is 0 Å². The monoisotopic (exact) mass is 317 g/mol. The summed E-state index contributed by atoms with van der Waals surface area (Å²) in [4.78, 5) is 15.6. The predicted molar refractivity (Wildman–Crippen MR) is 93.6 cm³/mol. The van der Waals surface area contributed by atoms with E-state index >= 15 is 0 Å². The van der Waals surface area contributed by atoms with Crippen molar-refractivity contribution in [3.63, 3.8) is 0 Å². The molecule has 0 aliphatic rings. The number of pyridine rings is 1. The summed E-state index contributed by atoms with van der Waals surface area (Å²) in [6, 6.07) is 1.79. The van der Waals surface area contributed by atoms with Crippen LogP contribution in [0.5, 0.6) is 0 Å². The molecule has 0 aliphatic carbocycles.